The third-order valence-corrected chi connectivity index (χ3v) is 6.14. The number of likely N-dealkylation sites (tertiary alicyclic amines) is 1. The van der Waals surface area contributed by atoms with Crippen LogP contribution < -0.4 is 4.90 Å². The van der Waals surface area contributed by atoms with Crippen LogP contribution in [0.5, 0.6) is 0 Å². The standard InChI is InChI=1S/C22H27N3O2/c1-15-7-6-9-18-17(15)12-14-25(18)22(27)21-11-10-19(23(21)3)20-8-4-5-13-24(20)16(2)26/h6-7,9-11,20H,4-5,8,12-14H2,1-3H3. The lowest BCUT2D eigenvalue weighted by Gasteiger charge is -2.35. The highest BCUT2D eigenvalue weighted by Gasteiger charge is 2.31. The summed E-state index contributed by atoms with van der Waals surface area (Å²) in [5.41, 5.74) is 5.29. The van der Waals surface area contributed by atoms with Crippen molar-refractivity contribution >= 4 is 17.5 Å². The molecule has 2 amide bonds. The number of aryl methyl sites for hydroxylation is 1. The molecule has 1 saturated heterocycles. The molecule has 0 bridgehead atoms. The molecule has 1 fully saturated rings. The molecule has 2 aliphatic heterocycles. The fourth-order valence-corrected chi connectivity index (χ4v) is 4.65. The molecule has 1 atom stereocenters. The van der Waals surface area contributed by atoms with E-state index in [0.717, 1.165) is 50.2 Å². The maximum absolute atomic E-state index is 13.3. The van der Waals surface area contributed by atoms with Gasteiger partial charge in [-0.3, -0.25) is 9.59 Å². The van der Waals surface area contributed by atoms with Gasteiger partial charge in [-0.05, 0) is 61.9 Å². The second-order valence-corrected chi connectivity index (χ2v) is 7.71. The van der Waals surface area contributed by atoms with Crippen molar-refractivity contribution in [1.82, 2.24) is 9.47 Å². The molecule has 2 aliphatic rings. The van der Waals surface area contributed by atoms with E-state index in [9.17, 15) is 9.59 Å². The summed E-state index contributed by atoms with van der Waals surface area (Å²) < 4.78 is 1.99. The van der Waals surface area contributed by atoms with E-state index in [1.807, 2.05) is 45.7 Å². The van der Waals surface area contributed by atoms with Crippen molar-refractivity contribution < 1.29 is 9.59 Å². The Hall–Kier alpha value is -2.56. The first-order valence-corrected chi connectivity index (χ1v) is 9.82. The van der Waals surface area contributed by atoms with Crippen molar-refractivity contribution in [2.45, 2.75) is 45.6 Å². The number of hydrogen-bond acceptors (Lipinski definition) is 2. The van der Waals surface area contributed by atoms with E-state index in [1.54, 1.807) is 6.92 Å². The van der Waals surface area contributed by atoms with Crippen LogP contribution in [0.2, 0.25) is 0 Å². The van der Waals surface area contributed by atoms with Gasteiger partial charge >= 0.3 is 0 Å². The lowest BCUT2D eigenvalue weighted by atomic mass is 9.99. The number of benzene rings is 1. The fraction of sp³-hybridized carbons (Fsp3) is 0.455. The van der Waals surface area contributed by atoms with Crippen molar-refractivity contribution in [3.63, 3.8) is 0 Å². The van der Waals surface area contributed by atoms with Crippen LogP contribution in [-0.2, 0) is 18.3 Å². The Kier molecular flexibility index (Phi) is 4.54. The molecule has 27 heavy (non-hydrogen) atoms. The molecule has 1 aromatic carbocycles. The first-order valence-electron chi connectivity index (χ1n) is 9.82. The van der Waals surface area contributed by atoms with Gasteiger partial charge in [0.1, 0.15) is 5.69 Å². The summed E-state index contributed by atoms with van der Waals surface area (Å²) in [6.07, 6.45) is 4.03. The summed E-state index contributed by atoms with van der Waals surface area (Å²) in [5, 5.41) is 0. The van der Waals surface area contributed by atoms with Crippen molar-refractivity contribution in [3.05, 3.63) is 52.8 Å². The molecule has 3 heterocycles. The number of fused-ring (bicyclic) bond motifs is 1. The molecule has 0 radical (unpaired) electrons. The number of rotatable bonds is 2. The van der Waals surface area contributed by atoms with Crippen molar-refractivity contribution in [3.8, 4) is 0 Å². The maximum Gasteiger partial charge on any atom is 0.274 e. The summed E-state index contributed by atoms with van der Waals surface area (Å²) >= 11 is 0. The first kappa shape index (κ1) is 17.8. The summed E-state index contributed by atoms with van der Waals surface area (Å²) in [5.74, 6) is 0.149. The van der Waals surface area contributed by atoms with Gasteiger partial charge in [0, 0.05) is 38.4 Å². The Morgan fingerprint density at radius 2 is 1.89 bits per heavy atom. The smallest absolute Gasteiger partial charge is 0.274 e. The van der Waals surface area contributed by atoms with Crippen LogP contribution in [0.25, 0.3) is 0 Å². The highest BCUT2D eigenvalue weighted by molar-refractivity contribution is 6.06. The Bertz CT molecular complexity index is 899. The summed E-state index contributed by atoms with van der Waals surface area (Å²) in [7, 11) is 1.95. The molecule has 4 rings (SSSR count). The molecule has 1 unspecified atom stereocenters. The average Bonchev–Trinajstić information content (AvgIpc) is 3.26. The van der Waals surface area contributed by atoms with Gasteiger partial charge in [0.25, 0.3) is 5.91 Å². The molecule has 0 aliphatic carbocycles. The highest BCUT2D eigenvalue weighted by atomic mass is 16.2. The Morgan fingerprint density at radius 1 is 1.07 bits per heavy atom. The zero-order chi connectivity index (χ0) is 19.1. The normalized spacial score (nSPS) is 19.3. The minimum atomic E-state index is 0.0401. The van der Waals surface area contributed by atoms with Crippen LogP contribution in [-0.4, -0.2) is 34.4 Å². The van der Waals surface area contributed by atoms with Crippen molar-refractivity contribution in [2.75, 3.05) is 18.0 Å². The number of nitrogens with zero attached hydrogens (tertiary/aromatic N) is 3. The predicted octanol–water partition coefficient (Wildman–Crippen LogP) is 3.61. The second kappa shape index (κ2) is 6.87. The number of anilines is 1. The molecule has 1 aromatic heterocycles. The monoisotopic (exact) mass is 365 g/mol. The van der Waals surface area contributed by atoms with Gasteiger partial charge in [0.2, 0.25) is 5.91 Å². The number of amides is 2. The molecule has 2 aromatic rings. The zero-order valence-corrected chi connectivity index (χ0v) is 16.4. The molecular formula is C22H27N3O2. The molecule has 142 valence electrons. The molecule has 5 heteroatoms. The number of carbonyl (C=O) groups excluding carboxylic acids is 2. The van der Waals surface area contributed by atoms with Gasteiger partial charge in [0.05, 0.1) is 6.04 Å². The fourth-order valence-electron chi connectivity index (χ4n) is 4.65. The Balaban J connectivity index is 1.64. The second-order valence-electron chi connectivity index (χ2n) is 7.71. The van der Waals surface area contributed by atoms with E-state index in [4.69, 9.17) is 0 Å². The Morgan fingerprint density at radius 3 is 2.67 bits per heavy atom. The lowest BCUT2D eigenvalue weighted by molar-refractivity contribution is -0.132. The van der Waals surface area contributed by atoms with Crippen molar-refractivity contribution in [1.29, 1.82) is 0 Å². The molecule has 0 saturated carbocycles. The van der Waals surface area contributed by atoms with Gasteiger partial charge < -0.3 is 14.4 Å². The summed E-state index contributed by atoms with van der Waals surface area (Å²) in [6.45, 7) is 5.26. The quantitative estimate of drug-likeness (QED) is 0.816. The summed E-state index contributed by atoms with van der Waals surface area (Å²) in [6, 6.07) is 10.2. The molecule has 0 N–H and O–H groups in total. The predicted molar refractivity (Wildman–Crippen MR) is 106 cm³/mol. The SMILES string of the molecule is CC(=O)N1CCCCC1c1ccc(C(=O)N2CCc3c(C)cccc32)n1C. The number of hydrogen-bond donors (Lipinski definition) is 0. The van der Waals surface area contributed by atoms with Crippen LogP contribution in [0.4, 0.5) is 5.69 Å². The van der Waals surface area contributed by atoms with Crippen molar-refractivity contribution in [2.24, 2.45) is 7.05 Å². The first-order chi connectivity index (χ1) is 13.0. The minimum absolute atomic E-state index is 0.0401. The van der Waals surface area contributed by atoms with E-state index in [1.165, 1.54) is 11.1 Å². The topological polar surface area (TPSA) is 45.6 Å². The maximum atomic E-state index is 13.3. The van der Waals surface area contributed by atoms with Gasteiger partial charge in [-0.25, -0.2) is 0 Å². The molecular weight excluding hydrogens is 338 g/mol. The van der Waals surface area contributed by atoms with Gasteiger partial charge in [-0.15, -0.1) is 0 Å². The number of carbonyl (C=O) groups is 2. The van der Waals surface area contributed by atoms with Crippen LogP contribution in [0.1, 0.15) is 59.5 Å². The van der Waals surface area contributed by atoms with Crippen LogP contribution in [0.15, 0.2) is 30.3 Å². The summed E-state index contributed by atoms with van der Waals surface area (Å²) in [4.78, 5) is 29.2. The Labute approximate surface area is 160 Å². The third-order valence-electron chi connectivity index (χ3n) is 6.14. The van der Waals surface area contributed by atoms with E-state index < -0.39 is 0 Å². The van der Waals surface area contributed by atoms with Crippen LogP contribution >= 0.6 is 0 Å². The highest BCUT2D eigenvalue weighted by Crippen LogP contribution is 2.34. The third kappa shape index (κ3) is 2.95. The van der Waals surface area contributed by atoms with Gasteiger partial charge in [-0.2, -0.15) is 0 Å². The van der Waals surface area contributed by atoms with Gasteiger partial charge in [-0.1, -0.05) is 12.1 Å². The number of piperidine rings is 1. The van der Waals surface area contributed by atoms with E-state index >= 15 is 0 Å². The van der Waals surface area contributed by atoms with E-state index in [0.29, 0.717) is 5.69 Å². The van der Waals surface area contributed by atoms with Gasteiger partial charge in [0.15, 0.2) is 0 Å². The average molecular weight is 365 g/mol. The molecule has 5 nitrogen and oxygen atoms in total. The number of aromatic nitrogens is 1. The van der Waals surface area contributed by atoms with E-state index in [-0.39, 0.29) is 17.9 Å². The lowest BCUT2D eigenvalue weighted by Crippen LogP contribution is -2.38. The zero-order valence-electron chi connectivity index (χ0n) is 16.4. The van der Waals surface area contributed by atoms with Crippen LogP contribution in [0, 0.1) is 6.92 Å². The van der Waals surface area contributed by atoms with Crippen LogP contribution in [0.3, 0.4) is 0 Å². The van der Waals surface area contributed by atoms with E-state index in [2.05, 4.69) is 13.0 Å². The molecule has 0 spiro atoms. The largest absolute Gasteiger partial charge is 0.342 e. The minimum Gasteiger partial charge on any atom is -0.342 e.